The quantitative estimate of drug-likeness (QED) is 0.224. The Hall–Kier alpha value is -3.95. The minimum absolute atomic E-state index is 0.0330. The first-order valence-corrected chi connectivity index (χ1v) is 13.3. The van der Waals surface area contributed by atoms with Crippen molar-refractivity contribution in [2.75, 3.05) is 31.9 Å². The molecule has 1 heterocycles. The maximum absolute atomic E-state index is 12.5. The van der Waals surface area contributed by atoms with Crippen LogP contribution in [0.3, 0.4) is 0 Å². The van der Waals surface area contributed by atoms with E-state index >= 15 is 0 Å². The zero-order valence-electron chi connectivity index (χ0n) is 19.8. The Balaban J connectivity index is 1.60. The highest BCUT2D eigenvalue weighted by Crippen LogP contribution is 2.29. The summed E-state index contributed by atoms with van der Waals surface area (Å²) in [6.45, 7) is 2.88. The second-order valence-corrected chi connectivity index (χ2v) is 10.2. The molecule has 0 bridgehead atoms. The molecule has 0 unspecified atom stereocenters. The van der Waals surface area contributed by atoms with E-state index in [4.69, 9.17) is 14.2 Å². The molecule has 0 atom stereocenters. The predicted molar refractivity (Wildman–Crippen MR) is 135 cm³/mol. The number of methoxy groups -OCH3 is 1. The number of aryl methyl sites for hydroxylation is 1. The number of rotatable bonds is 11. The van der Waals surface area contributed by atoms with Crippen LogP contribution >= 0.6 is 11.5 Å². The molecular formula is C24H24N4O6S2. The lowest BCUT2D eigenvalue weighted by atomic mass is 10.1. The molecule has 12 heteroatoms. The Labute approximate surface area is 213 Å². The Morgan fingerprint density at radius 1 is 1.14 bits per heavy atom. The van der Waals surface area contributed by atoms with Gasteiger partial charge >= 0.3 is 0 Å². The van der Waals surface area contributed by atoms with Crippen molar-refractivity contribution in [2.45, 2.75) is 18.5 Å². The van der Waals surface area contributed by atoms with Crippen LogP contribution in [-0.2, 0) is 14.6 Å². The topological polar surface area (TPSA) is 140 Å². The van der Waals surface area contributed by atoms with Gasteiger partial charge in [0.15, 0.2) is 11.5 Å². The van der Waals surface area contributed by atoms with E-state index in [-0.39, 0.29) is 10.7 Å². The van der Waals surface area contributed by atoms with Crippen LogP contribution in [0.2, 0.25) is 0 Å². The molecule has 0 aliphatic carbocycles. The number of ether oxygens (including phenoxy) is 3. The molecule has 0 saturated heterocycles. The monoisotopic (exact) mass is 528 g/mol. The first-order valence-electron chi connectivity index (χ1n) is 10.7. The van der Waals surface area contributed by atoms with Crippen LogP contribution in [0.1, 0.15) is 17.5 Å². The molecule has 3 aromatic rings. The Morgan fingerprint density at radius 3 is 2.50 bits per heavy atom. The normalized spacial score (nSPS) is 11.4. The van der Waals surface area contributed by atoms with Gasteiger partial charge in [-0.2, -0.15) is 14.6 Å². The average Bonchev–Trinajstić information content (AvgIpc) is 3.33. The van der Waals surface area contributed by atoms with E-state index in [1.165, 1.54) is 13.2 Å². The molecule has 3 rings (SSSR count). The van der Waals surface area contributed by atoms with Crippen molar-refractivity contribution >= 4 is 38.5 Å². The van der Waals surface area contributed by atoms with Crippen LogP contribution < -0.4 is 19.5 Å². The number of nitriles is 1. The van der Waals surface area contributed by atoms with E-state index in [1.807, 2.05) is 37.3 Å². The summed E-state index contributed by atoms with van der Waals surface area (Å²) in [4.78, 5) is 16.2. The smallest absolute Gasteiger partial charge is 0.268 e. The summed E-state index contributed by atoms with van der Waals surface area (Å²) in [5.74, 6) is 1.03. The number of nitrogens with one attached hydrogen (secondary N) is 1. The van der Waals surface area contributed by atoms with Crippen molar-refractivity contribution in [1.29, 1.82) is 5.26 Å². The van der Waals surface area contributed by atoms with Gasteiger partial charge in [-0.05, 0) is 42.3 Å². The fraction of sp³-hybridized carbons (Fsp3) is 0.250. The predicted octanol–water partition coefficient (Wildman–Crippen LogP) is 3.65. The minimum Gasteiger partial charge on any atom is -0.493 e. The fourth-order valence-corrected chi connectivity index (χ4v) is 4.37. The summed E-state index contributed by atoms with van der Waals surface area (Å²) < 4.78 is 43.6. The highest BCUT2D eigenvalue weighted by molar-refractivity contribution is 7.90. The molecule has 0 spiro atoms. The highest BCUT2D eigenvalue weighted by atomic mass is 32.2. The minimum atomic E-state index is -3.60. The lowest BCUT2D eigenvalue weighted by Gasteiger charge is -2.12. The molecule has 0 aliphatic heterocycles. The number of benzene rings is 2. The second kappa shape index (κ2) is 12.1. The molecule has 1 N–H and O–H groups in total. The van der Waals surface area contributed by atoms with E-state index in [0.29, 0.717) is 48.2 Å². The molecule has 36 heavy (non-hydrogen) atoms. The van der Waals surface area contributed by atoms with Crippen molar-refractivity contribution in [3.63, 3.8) is 0 Å². The fourth-order valence-electron chi connectivity index (χ4n) is 2.93. The summed E-state index contributed by atoms with van der Waals surface area (Å²) in [5, 5.41) is 11.4. The van der Waals surface area contributed by atoms with Crippen LogP contribution in [0.15, 0.2) is 53.2 Å². The van der Waals surface area contributed by atoms with Gasteiger partial charge in [0.2, 0.25) is 15.0 Å². The average molecular weight is 529 g/mol. The van der Waals surface area contributed by atoms with Gasteiger partial charge in [-0.25, -0.2) is 8.42 Å². The van der Waals surface area contributed by atoms with Crippen LogP contribution in [0.4, 0.5) is 5.13 Å². The third kappa shape index (κ3) is 7.27. The standard InChI is InChI=1S/C24H24N4O6S2/c1-16-7-4-5-8-19(16)33-11-6-12-34-20-10-9-17(14-21(20)32-2)13-18(15-25)22(29)26-23-27-24(28-35-23)36(3,30)31/h4-5,7-10,13-14H,6,11-12H2,1-3H3,(H,26,27,28,29)/b18-13-. The molecule has 0 aliphatic rings. The molecule has 2 aromatic carbocycles. The van der Waals surface area contributed by atoms with E-state index in [1.54, 1.807) is 18.2 Å². The summed E-state index contributed by atoms with van der Waals surface area (Å²) in [5.41, 5.74) is 1.38. The maximum Gasteiger partial charge on any atom is 0.268 e. The Kier molecular flexibility index (Phi) is 8.99. The Bertz CT molecular complexity index is 1410. The first-order chi connectivity index (χ1) is 17.2. The van der Waals surface area contributed by atoms with Crippen molar-refractivity contribution in [3.8, 4) is 23.3 Å². The van der Waals surface area contributed by atoms with Crippen molar-refractivity contribution < 1.29 is 27.4 Å². The number of sulfone groups is 1. The largest absolute Gasteiger partial charge is 0.493 e. The van der Waals surface area contributed by atoms with Gasteiger partial charge in [0, 0.05) is 24.2 Å². The molecule has 0 radical (unpaired) electrons. The molecule has 1 amide bonds. The molecule has 188 valence electrons. The SMILES string of the molecule is COc1cc(/C=C(/C#N)C(=O)Nc2nc(S(C)(=O)=O)ns2)ccc1OCCCOc1ccccc1C. The summed E-state index contributed by atoms with van der Waals surface area (Å²) >= 11 is 0.703. The van der Waals surface area contributed by atoms with Crippen LogP contribution in [0, 0.1) is 18.3 Å². The van der Waals surface area contributed by atoms with Crippen LogP contribution in [0.5, 0.6) is 17.2 Å². The van der Waals surface area contributed by atoms with E-state index in [2.05, 4.69) is 14.7 Å². The number of anilines is 1. The van der Waals surface area contributed by atoms with Crippen molar-refractivity contribution in [3.05, 3.63) is 59.2 Å². The van der Waals surface area contributed by atoms with E-state index in [9.17, 15) is 18.5 Å². The second-order valence-electron chi connectivity index (χ2n) is 7.50. The van der Waals surface area contributed by atoms with Crippen LogP contribution in [-0.4, -0.2) is 50.3 Å². The number of aromatic nitrogens is 2. The number of carbonyl (C=O) groups excluding carboxylic acids is 1. The van der Waals surface area contributed by atoms with E-state index in [0.717, 1.165) is 17.6 Å². The van der Waals surface area contributed by atoms with Crippen molar-refractivity contribution in [1.82, 2.24) is 9.36 Å². The number of carbonyl (C=O) groups is 1. The first kappa shape index (κ1) is 26.7. The Morgan fingerprint density at radius 2 is 1.86 bits per heavy atom. The zero-order valence-corrected chi connectivity index (χ0v) is 21.5. The van der Waals surface area contributed by atoms with Gasteiger partial charge in [-0.3, -0.25) is 10.1 Å². The highest BCUT2D eigenvalue weighted by Gasteiger charge is 2.17. The number of amides is 1. The zero-order chi connectivity index (χ0) is 26.1. The molecular weight excluding hydrogens is 504 g/mol. The number of para-hydroxylation sites is 1. The van der Waals surface area contributed by atoms with Crippen LogP contribution in [0.25, 0.3) is 6.08 Å². The van der Waals surface area contributed by atoms with Crippen molar-refractivity contribution in [2.24, 2.45) is 0 Å². The number of hydrogen-bond acceptors (Lipinski definition) is 10. The third-order valence-corrected chi connectivity index (χ3v) is 6.31. The van der Waals surface area contributed by atoms with Gasteiger partial charge < -0.3 is 14.2 Å². The van der Waals surface area contributed by atoms with Gasteiger partial charge in [0.05, 0.1) is 20.3 Å². The van der Waals surface area contributed by atoms with E-state index < -0.39 is 20.9 Å². The van der Waals surface area contributed by atoms with Gasteiger partial charge in [0.1, 0.15) is 17.4 Å². The lowest BCUT2D eigenvalue weighted by molar-refractivity contribution is -0.112. The summed E-state index contributed by atoms with van der Waals surface area (Å²) in [6.07, 6.45) is 2.99. The summed E-state index contributed by atoms with van der Waals surface area (Å²) in [6, 6.07) is 14.6. The molecule has 0 saturated carbocycles. The molecule has 0 fully saturated rings. The number of nitrogens with zero attached hydrogens (tertiary/aromatic N) is 3. The van der Waals surface area contributed by atoms with Gasteiger partial charge in [0.25, 0.3) is 11.1 Å². The van der Waals surface area contributed by atoms with Gasteiger partial charge in [-0.15, -0.1) is 0 Å². The lowest BCUT2D eigenvalue weighted by Crippen LogP contribution is -2.13. The maximum atomic E-state index is 12.5. The van der Waals surface area contributed by atoms with Gasteiger partial charge in [-0.1, -0.05) is 24.3 Å². The number of hydrogen-bond donors (Lipinski definition) is 1. The summed E-state index contributed by atoms with van der Waals surface area (Å²) in [7, 11) is -2.11. The molecule has 1 aromatic heterocycles. The third-order valence-electron chi connectivity index (χ3n) is 4.72. The molecule has 10 nitrogen and oxygen atoms in total.